The highest BCUT2D eigenvalue weighted by Crippen LogP contribution is 2.19. The Morgan fingerprint density at radius 2 is 0.833 bits per heavy atom. The fraction of sp³-hybridized carbons (Fsp3) is 0. The van der Waals surface area contributed by atoms with E-state index in [0.29, 0.717) is 11.4 Å². The van der Waals surface area contributed by atoms with Crippen molar-refractivity contribution in [3.05, 3.63) is 72.8 Å². The van der Waals surface area contributed by atoms with Gasteiger partial charge < -0.3 is 11.5 Å². The van der Waals surface area contributed by atoms with Crippen molar-refractivity contribution in [2.75, 3.05) is 11.5 Å². The molecule has 0 aromatic heterocycles. The van der Waals surface area contributed by atoms with Crippen LogP contribution in [0.1, 0.15) is 0 Å². The summed E-state index contributed by atoms with van der Waals surface area (Å²) in [4.78, 5) is 20.6. The second kappa shape index (κ2) is 8.19. The van der Waals surface area contributed by atoms with Crippen molar-refractivity contribution < 1.29 is 9.59 Å². The zero-order valence-corrected chi connectivity index (χ0v) is 12.8. The van der Waals surface area contributed by atoms with Crippen molar-refractivity contribution in [2.24, 2.45) is 10.2 Å². The molecule has 2 aromatic rings. The van der Waals surface area contributed by atoms with Crippen LogP contribution in [0.4, 0.5) is 22.7 Å². The molecule has 1 aliphatic rings. The van der Waals surface area contributed by atoms with E-state index in [-0.39, 0.29) is 11.6 Å². The third kappa shape index (κ3) is 5.69. The van der Waals surface area contributed by atoms with E-state index in [0.717, 1.165) is 11.4 Å². The Labute approximate surface area is 139 Å². The summed E-state index contributed by atoms with van der Waals surface area (Å²) in [6.07, 6.45) is 5.01. The molecule has 120 valence electrons. The monoisotopic (exact) mass is 320 g/mol. The van der Waals surface area contributed by atoms with Crippen molar-refractivity contribution in [2.45, 2.75) is 0 Å². The summed E-state index contributed by atoms with van der Waals surface area (Å²) in [5, 5.41) is 8.15. The molecule has 0 saturated heterocycles. The van der Waals surface area contributed by atoms with Crippen molar-refractivity contribution >= 4 is 34.3 Å². The number of ketones is 2. The van der Waals surface area contributed by atoms with Gasteiger partial charge >= 0.3 is 0 Å². The van der Waals surface area contributed by atoms with Crippen molar-refractivity contribution in [3.63, 3.8) is 0 Å². The standard InChI is InChI=1S/C12H12N4.C6H4O2/c13-9-1-5-11(6-2-9)15-16-12-7-3-10(14)4-8-12;7-5-1-2-6(8)4-3-5/h1-8H,13-14H2;1-4H/b16-15+;. The molecule has 6 heteroatoms. The molecule has 2 aromatic carbocycles. The lowest BCUT2D eigenvalue weighted by atomic mass is 10.2. The SMILES string of the molecule is Nc1ccc(/N=N/c2ccc(N)cc2)cc1.O=C1C=CC(=O)C=C1. The topological polar surface area (TPSA) is 111 Å². The summed E-state index contributed by atoms with van der Waals surface area (Å²) < 4.78 is 0. The van der Waals surface area contributed by atoms with E-state index >= 15 is 0 Å². The van der Waals surface area contributed by atoms with Gasteiger partial charge in [0.05, 0.1) is 11.4 Å². The molecule has 0 aliphatic heterocycles. The minimum absolute atomic E-state index is 0.121. The largest absolute Gasteiger partial charge is 0.399 e. The van der Waals surface area contributed by atoms with Gasteiger partial charge in [-0.15, -0.1) is 0 Å². The molecule has 0 saturated carbocycles. The smallest absolute Gasteiger partial charge is 0.178 e. The second-order valence-electron chi connectivity index (χ2n) is 4.85. The van der Waals surface area contributed by atoms with Crippen LogP contribution in [0, 0.1) is 0 Å². The van der Waals surface area contributed by atoms with E-state index in [4.69, 9.17) is 11.5 Å². The van der Waals surface area contributed by atoms with E-state index < -0.39 is 0 Å². The van der Waals surface area contributed by atoms with Crippen LogP contribution in [0.5, 0.6) is 0 Å². The summed E-state index contributed by atoms with van der Waals surface area (Å²) in [5.74, 6) is -0.241. The number of hydrogen-bond acceptors (Lipinski definition) is 6. The van der Waals surface area contributed by atoms with E-state index in [2.05, 4.69) is 10.2 Å². The predicted molar refractivity (Wildman–Crippen MR) is 94.2 cm³/mol. The molecule has 0 fully saturated rings. The molecule has 0 atom stereocenters. The molecule has 0 spiro atoms. The molecule has 0 bridgehead atoms. The zero-order chi connectivity index (χ0) is 17.4. The summed E-state index contributed by atoms with van der Waals surface area (Å²) in [5.41, 5.74) is 14.1. The van der Waals surface area contributed by atoms with Crippen molar-refractivity contribution in [1.82, 2.24) is 0 Å². The molecule has 4 N–H and O–H groups in total. The number of nitrogens with two attached hydrogens (primary N) is 2. The number of nitrogen functional groups attached to an aromatic ring is 2. The molecular formula is C18H16N4O2. The van der Waals surface area contributed by atoms with E-state index in [1.165, 1.54) is 24.3 Å². The fourth-order valence-corrected chi connectivity index (χ4v) is 1.64. The summed E-state index contributed by atoms with van der Waals surface area (Å²) in [6.45, 7) is 0. The lowest BCUT2D eigenvalue weighted by Gasteiger charge is -1.95. The Morgan fingerprint density at radius 1 is 0.542 bits per heavy atom. The number of benzene rings is 2. The van der Waals surface area contributed by atoms with Gasteiger partial charge in [0.15, 0.2) is 11.6 Å². The average Bonchev–Trinajstić information content (AvgIpc) is 2.59. The van der Waals surface area contributed by atoms with Gasteiger partial charge in [0, 0.05) is 11.4 Å². The third-order valence-corrected chi connectivity index (χ3v) is 2.89. The van der Waals surface area contributed by atoms with Gasteiger partial charge in [-0.1, -0.05) is 0 Å². The highest BCUT2D eigenvalue weighted by molar-refractivity contribution is 6.14. The van der Waals surface area contributed by atoms with Crippen molar-refractivity contribution in [3.8, 4) is 0 Å². The molecule has 6 nitrogen and oxygen atoms in total. The number of hydrogen-bond donors (Lipinski definition) is 2. The lowest BCUT2D eigenvalue weighted by molar-refractivity contribution is -0.113. The molecule has 0 radical (unpaired) electrons. The van der Waals surface area contributed by atoms with Crippen LogP contribution in [0.3, 0.4) is 0 Å². The Bertz CT molecular complexity index is 718. The van der Waals surface area contributed by atoms with Gasteiger partial charge in [0.1, 0.15) is 0 Å². The number of carbonyl (C=O) groups is 2. The maximum absolute atomic E-state index is 10.3. The zero-order valence-electron chi connectivity index (χ0n) is 12.8. The van der Waals surface area contributed by atoms with Gasteiger partial charge in [-0.2, -0.15) is 10.2 Å². The maximum Gasteiger partial charge on any atom is 0.178 e. The minimum Gasteiger partial charge on any atom is -0.399 e. The van der Waals surface area contributed by atoms with Gasteiger partial charge in [-0.3, -0.25) is 9.59 Å². The molecule has 0 unspecified atom stereocenters. The van der Waals surface area contributed by atoms with Crippen LogP contribution in [-0.4, -0.2) is 11.6 Å². The van der Waals surface area contributed by atoms with E-state index in [1.807, 2.05) is 24.3 Å². The van der Waals surface area contributed by atoms with Gasteiger partial charge in [0.25, 0.3) is 0 Å². The number of allylic oxidation sites excluding steroid dienone is 4. The van der Waals surface area contributed by atoms with Gasteiger partial charge in [0.2, 0.25) is 0 Å². The Kier molecular flexibility index (Phi) is 5.74. The first kappa shape index (κ1) is 16.8. The van der Waals surface area contributed by atoms with E-state index in [1.54, 1.807) is 24.3 Å². The Morgan fingerprint density at radius 3 is 1.12 bits per heavy atom. The number of rotatable bonds is 2. The van der Waals surface area contributed by atoms with Crippen LogP contribution in [0.25, 0.3) is 0 Å². The summed E-state index contributed by atoms with van der Waals surface area (Å²) in [6, 6.07) is 14.4. The molecule has 3 rings (SSSR count). The van der Waals surface area contributed by atoms with Crippen molar-refractivity contribution in [1.29, 1.82) is 0 Å². The number of azo groups is 1. The minimum atomic E-state index is -0.121. The number of carbonyl (C=O) groups excluding carboxylic acids is 2. The first-order chi connectivity index (χ1) is 11.5. The number of nitrogens with zero attached hydrogens (tertiary/aromatic N) is 2. The maximum atomic E-state index is 10.3. The van der Waals surface area contributed by atoms with Crippen LogP contribution in [0.2, 0.25) is 0 Å². The second-order valence-corrected chi connectivity index (χ2v) is 4.85. The highest BCUT2D eigenvalue weighted by Gasteiger charge is 1.98. The van der Waals surface area contributed by atoms with Crippen LogP contribution < -0.4 is 11.5 Å². The predicted octanol–water partition coefficient (Wildman–Crippen LogP) is 3.52. The van der Waals surface area contributed by atoms with Crippen LogP contribution in [0.15, 0.2) is 83.1 Å². The van der Waals surface area contributed by atoms with Gasteiger partial charge in [-0.25, -0.2) is 0 Å². The summed E-state index contributed by atoms with van der Waals surface area (Å²) >= 11 is 0. The first-order valence-electron chi connectivity index (χ1n) is 7.10. The molecule has 1 aliphatic carbocycles. The quantitative estimate of drug-likeness (QED) is 0.501. The summed E-state index contributed by atoms with van der Waals surface area (Å²) in [7, 11) is 0. The molecule has 0 amide bonds. The average molecular weight is 320 g/mol. The lowest BCUT2D eigenvalue weighted by Crippen LogP contribution is -1.97. The molecule has 0 heterocycles. The molecular weight excluding hydrogens is 304 g/mol. The Balaban J connectivity index is 0.000000219. The third-order valence-electron chi connectivity index (χ3n) is 2.89. The highest BCUT2D eigenvalue weighted by atomic mass is 16.1. The normalized spacial score (nSPS) is 13.0. The van der Waals surface area contributed by atoms with Crippen LogP contribution >= 0.6 is 0 Å². The Hall–Kier alpha value is -3.54. The van der Waals surface area contributed by atoms with Crippen LogP contribution in [-0.2, 0) is 9.59 Å². The first-order valence-corrected chi connectivity index (χ1v) is 7.10. The number of anilines is 2. The van der Waals surface area contributed by atoms with Gasteiger partial charge in [-0.05, 0) is 72.8 Å². The fourth-order valence-electron chi connectivity index (χ4n) is 1.64. The molecule has 24 heavy (non-hydrogen) atoms. The van der Waals surface area contributed by atoms with E-state index in [9.17, 15) is 9.59 Å².